The van der Waals surface area contributed by atoms with Crippen LogP contribution in [0.1, 0.15) is 5.56 Å². The second kappa shape index (κ2) is 5.64. The maximum Gasteiger partial charge on any atom is 0.325 e. The van der Waals surface area contributed by atoms with Crippen molar-refractivity contribution in [2.45, 2.75) is 13.5 Å². The van der Waals surface area contributed by atoms with Crippen molar-refractivity contribution < 1.29 is 19.4 Å². The number of carboxylic acids is 1. The Morgan fingerprint density at radius 3 is 2.40 bits per heavy atom. The van der Waals surface area contributed by atoms with Crippen molar-refractivity contribution in [1.82, 2.24) is 9.78 Å². The second-order valence-corrected chi connectivity index (χ2v) is 4.36. The van der Waals surface area contributed by atoms with Gasteiger partial charge in [0.15, 0.2) is 0 Å². The molecule has 0 spiro atoms. The number of benzene rings is 1. The molecule has 0 saturated carbocycles. The van der Waals surface area contributed by atoms with Crippen molar-refractivity contribution in [1.29, 1.82) is 0 Å². The van der Waals surface area contributed by atoms with E-state index in [-0.39, 0.29) is 6.54 Å². The lowest BCUT2D eigenvalue weighted by Crippen LogP contribution is -2.08. The highest BCUT2D eigenvalue weighted by molar-refractivity contribution is 5.77. The van der Waals surface area contributed by atoms with Gasteiger partial charge in [-0.25, -0.2) is 0 Å². The molecule has 1 heterocycles. The first-order valence-corrected chi connectivity index (χ1v) is 6.02. The van der Waals surface area contributed by atoms with Crippen LogP contribution in [0.2, 0.25) is 0 Å². The predicted octanol–water partition coefficient (Wildman–Crippen LogP) is 1.96. The van der Waals surface area contributed by atoms with Crippen LogP contribution in [-0.2, 0) is 11.3 Å². The van der Waals surface area contributed by atoms with E-state index < -0.39 is 5.97 Å². The summed E-state index contributed by atoms with van der Waals surface area (Å²) in [5.41, 5.74) is 2.53. The summed E-state index contributed by atoms with van der Waals surface area (Å²) >= 11 is 0. The SMILES string of the molecule is COc1cc(C)cc(OC)c1-c1cnn(CC(=O)O)c1. The highest BCUT2D eigenvalue weighted by Gasteiger charge is 2.15. The summed E-state index contributed by atoms with van der Waals surface area (Å²) in [6.07, 6.45) is 3.25. The molecule has 20 heavy (non-hydrogen) atoms. The summed E-state index contributed by atoms with van der Waals surface area (Å²) in [5.74, 6) is 0.385. The number of aromatic nitrogens is 2. The first-order chi connectivity index (χ1) is 9.55. The van der Waals surface area contributed by atoms with Crippen LogP contribution in [0.25, 0.3) is 11.1 Å². The fourth-order valence-corrected chi connectivity index (χ4v) is 2.05. The summed E-state index contributed by atoms with van der Waals surface area (Å²) in [5, 5.41) is 12.8. The van der Waals surface area contributed by atoms with E-state index >= 15 is 0 Å². The Bertz CT molecular complexity index is 609. The van der Waals surface area contributed by atoms with E-state index in [1.807, 2.05) is 19.1 Å². The molecule has 0 aliphatic rings. The first-order valence-electron chi connectivity index (χ1n) is 6.02. The molecule has 0 amide bonds. The Morgan fingerprint density at radius 2 is 1.90 bits per heavy atom. The van der Waals surface area contributed by atoms with Crippen molar-refractivity contribution in [3.8, 4) is 22.6 Å². The highest BCUT2D eigenvalue weighted by atomic mass is 16.5. The van der Waals surface area contributed by atoms with Gasteiger partial charge in [0.25, 0.3) is 0 Å². The fraction of sp³-hybridized carbons (Fsp3) is 0.286. The second-order valence-electron chi connectivity index (χ2n) is 4.36. The monoisotopic (exact) mass is 276 g/mol. The molecule has 0 aliphatic carbocycles. The number of nitrogens with zero attached hydrogens (tertiary/aromatic N) is 2. The van der Waals surface area contributed by atoms with Crippen LogP contribution < -0.4 is 9.47 Å². The zero-order valence-electron chi connectivity index (χ0n) is 11.6. The number of hydrogen-bond acceptors (Lipinski definition) is 4. The topological polar surface area (TPSA) is 73.6 Å². The van der Waals surface area contributed by atoms with Gasteiger partial charge in [0, 0.05) is 11.8 Å². The minimum atomic E-state index is -0.942. The number of aryl methyl sites for hydroxylation is 1. The van der Waals surface area contributed by atoms with Crippen molar-refractivity contribution >= 4 is 5.97 Å². The van der Waals surface area contributed by atoms with Gasteiger partial charge in [0.2, 0.25) is 0 Å². The highest BCUT2D eigenvalue weighted by Crippen LogP contribution is 2.39. The maximum absolute atomic E-state index is 10.7. The van der Waals surface area contributed by atoms with Gasteiger partial charge in [-0.15, -0.1) is 0 Å². The molecule has 0 saturated heterocycles. The first kappa shape index (κ1) is 13.9. The number of carboxylic acid groups (broad SMARTS) is 1. The molecular weight excluding hydrogens is 260 g/mol. The molecule has 0 aliphatic heterocycles. The third-order valence-electron chi connectivity index (χ3n) is 2.87. The van der Waals surface area contributed by atoms with Crippen LogP contribution in [0.5, 0.6) is 11.5 Å². The quantitative estimate of drug-likeness (QED) is 0.903. The number of hydrogen-bond donors (Lipinski definition) is 1. The number of aliphatic carboxylic acids is 1. The van der Waals surface area contributed by atoms with Crippen molar-refractivity contribution in [3.63, 3.8) is 0 Å². The van der Waals surface area contributed by atoms with E-state index in [9.17, 15) is 4.79 Å². The molecular formula is C14H16N2O4. The predicted molar refractivity (Wildman–Crippen MR) is 73.1 cm³/mol. The van der Waals surface area contributed by atoms with Gasteiger partial charge in [-0.2, -0.15) is 5.10 Å². The lowest BCUT2D eigenvalue weighted by atomic mass is 10.0. The summed E-state index contributed by atoms with van der Waals surface area (Å²) < 4.78 is 12.1. The summed E-state index contributed by atoms with van der Waals surface area (Å²) in [7, 11) is 3.17. The molecule has 2 aromatic rings. The lowest BCUT2D eigenvalue weighted by Gasteiger charge is -2.13. The van der Waals surface area contributed by atoms with E-state index in [2.05, 4.69) is 5.10 Å². The van der Waals surface area contributed by atoms with Gasteiger partial charge in [-0.1, -0.05) is 0 Å². The molecule has 2 rings (SSSR count). The summed E-state index contributed by atoms with van der Waals surface area (Å²) in [6.45, 7) is 1.76. The molecule has 1 aromatic heterocycles. The van der Waals surface area contributed by atoms with Gasteiger partial charge in [-0.3, -0.25) is 9.48 Å². The summed E-state index contributed by atoms with van der Waals surface area (Å²) in [4.78, 5) is 10.7. The number of carbonyl (C=O) groups is 1. The molecule has 1 N–H and O–H groups in total. The summed E-state index contributed by atoms with van der Waals surface area (Å²) in [6, 6.07) is 3.79. The van der Waals surface area contributed by atoms with E-state index in [1.54, 1.807) is 26.6 Å². The number of ether oxygens (including phenoxy) is 2. The normalized spacial score (nSPS) is 10.3. The standard InChI is InChI=1S/C14H16N2O4/c1-9-4-11(19-2)14(12(5-9)20-3)10-6-15-16(7-10)8-13(17)18/h4-7H,8H2,1-3H3,(H,17,18). The van der Waals surface area contributed by atoms with Crippen LogP contribution in [0.15, 0.2) is 24.5 Å². The van der Waals surface area contributed by atoms with Crippen LogP contribution in [0.4, 0.5) is 0 Å². The lowest BCUT2D eigenvalue weighted by molar-refractivity contribution is -0.137. The minimum absolute atomic E-state index is 0.184. The molecule has 106 valence electrons. The van der Waals surface area contributed by atoms with E-state index in [0.29, 0.717) is 11.5 Å². The Kier molecular flexibility index (Phi) is 3.93. The molecule has 0 unspecified atom stereocenters. The van der Waals surface area contributed by atoms with E-state index in [4.69, 9.17) is 14.6 Å². The third-order valence-corrected chi connectivity index (χ3v) is 2.87. The molecule has 0 atom stereocenters. The molecule has 6 heteroatoms. The molecule has 1 aromatic carbocycles. The van der Waals surface area contributed by atoms with Gasteiger partial charge >= 0.3 is 5.97 Å². The zero-order chi connectivity index (χ0) is 14.7. The van der Waals surface area contributed by atoms with E-state index in [1.165, 1.54) is 4.68 Å². The largest absolute Gasteiger partial charge is 0.496 e. The Balaban J connectivity index is 2.50. The smallest absolute Gasteiger partial charge is 0.325 e. The average Bonchev–Trinajstić information content (AvgIpc) is 2.84. The number of rotatable bonds is 5. The Morgan fingerprint density at radius 1 is 1.30 bits per heavy atom. The maximum atomic E-state index is 10.7. The van der Waals surface area contributed by atoms with Crippen LogP contribution >= 0.6 is 0 Å². The van der Waals surface area contributed by atoms with Crippen molar-refractivity contribution in [3.05, 3.63) is 30.1 Å². The third kappa shape index (κ3) is 2.74. The fourth-order valence-electron chi connectivity index (χ4n) is 2.05. The van der Waals surface area contributed by atoms with Crippen molar-refractivity contribution in [2.75, 3.05) is 14.2 Å². The van der Waals surface area contributed by atoms with Crippen LogP contribution in [-0.4, -0.2) is 35.1 Å². The van der Waals surface area contributed by atoms with Gasteiger partial charge in [-0.05, 0) is 24.6 Å². The Hall–Kier alpha value is -2.50. The molecule has 0 bridgehead atoms. The van der Waals surface area contributed by atoms with E-state index in [0.717, 1.165) is 16.7 Å². The Labute approximate surface area is 116 Å². The van der Waals surface area contributed by atoms with Crippen LogP contribution in [0.3, 0.4) is 0 Å². The molecule has 6 nitrogen and oxygen atoms in total. The zero-order valence-corrected chi connectivity index (χ0v) is 11.6. The number of methoxy groups -OCH3 is 2. The molecule has 0 fully saturated rings. The molecule has 0 radical (unpaired) electrons. The van der Waals surface area contributed by atoms with Gasteiger partial charge < -0.3 is 14.6 Å². The minimum Gasteiger partial charge on any atom is -0.496 e. The van der Waals surface area contributed by atoms with Gasteiger partial charge in [0.05, 0.1) is 26.0 Å². The van der Waals surface area contributed by atoms with Crippen molar-refractivity contribution in [2.24, 2.45) is 0 Å². The average molecular weight is 276 g/mol. The van der Waals surface area contributed by atoms with Crippen LogP contribution in [0, 0.1) is 6.92 Å². The van der Waals surface area contributed by atoms with Gasteiger partial charge in [0.1, 0.15) is 18.0 Å².